The molecule has 0 N–H and O–H groups in total. The number of nitrogens with zero attached hydrogens (tertiary/aromatic N) is 4. The van der Waals surface area contributed by atoms with Gasteiger partial charge in [-0.25, -0.2) is 0 Å². The van der Waals surface area contributed by atoms with Crippen molar-refractivity contribution in [2.45, 2.75) is 18.9 Å². The largest absolute Gasteiger partial charge is 0.303 e. The molecule has 106 valence electrons. The van der Waals surface area contributed by atoms with E-state index in [0.717, 1.165) is 41.7 Å². The van der Waals surface area contributed by atoms with Crippen molar-refractivity contribution in [3.05, 3.63) is 36.7 Å². The van der Waals surface area contributed by atoms with Gasteiger partial charge in [0.2, 0.25) is 0 Å². The second-order valence-corrected chi connectivity index (χ2v) is 5.49. The molecular weight excluding hydrogens is 268 g/mol. The quantitative estimate of drug-likeness (QED) is 0.733. The van der Waals surface area contributed by atoms with Crippen molar-refractivity contribution in [2.75, 3.05) is 25.4 Å². The zero-order chi connectivity index (χ0) is 14.2. The minimum absolute atomic E-state index is 0.867. The third-order valence-corrected chi connectivity index (χ3v) is 4.05. The summed E-state index contributed by atoms with van der Waals surface area (Å²) in [7, 11) is 0. The monoisotopic (exact) mass is 288 g/mol. The molecule has 0 radical (unpaired) electrons. The third kappa shape index (κ3) is 4.28. The van der Waals surface area contributed by atoms with E-state index in [1.807, 2.05) is 24.3 Å². The molecule has 0 aliphatic rings. The average Bonchev–Trinajstić information content (AvgIpc) is 2.53. The van der Waals surface area contributed by atoms with E-state index in [-0.39, 0.29) is 0 Å². The molecule has 0 atom stereocenters. The summed E-state index contributed by atoms with van der Waals surface area (Å²) in [6, 6.07) is 7.93. The minimum atomic E-state index is 0.867. The van der Waals surface area contributed by atoms with E-state index in [9.17, 15) is 0 Å². The van der Waals surface area contributed by atoms with Gasteiger partial charge < -0.3 is 4.90 Å². The Morgan fingerprint density at radius 1 is 1.10 bits per heavy atom. The van der Waals surface area contributed by atoms with Crippen molar-refractivity contribution in [1.29, 1.82) is 0 Å². The number of thioether (sulfide) groups is 1. The maximum Gasteiger partial charge on any atom is 0.119 e. The van der Waals surface area contributed by atoms with Crippen molar-refractivity contribution in [3.63, 3.8) is 0 Å². The van der Waals surface area contributed by atoms with E-state index in [1.54, 1.807) is 24.2 Å². The predicted octanol–water partition coefficient (Wildman–Crippen LogP) is 2.97. The van der Waals surface area contributed by atoms with Gasteiger partial charge in [0.1, 0.15) is 5.03 Å². The average molecular weight is 288 g/mol. The first-order valence-corrected chi connectivity index (χ1v) is 7.91. The molecular formula is C15H20N4S. The molecule has 0 bridgehead atoms. The van der Waals surface area contributed by atoms with Gasteiger partial charge in [-0.05, 0) is 37.4 Å². The number of rotatable bonds is 7. The molecule has 0 amide bonds. The van der Waals surface area contributed by atoms with Crippen LogP contribution in [0.1, 0.15) is 13.8 Å². The second-order valence-electron chi connectivity index (χ2n) is 4.37. The number of hydrogen-bond donors (Lipinski definition) is 0. The molecule has 2 aromatic rings. The molecule has 0 fully saturated rings. The van der Waals surface area contributed by atoms with Crippen molar-refractivity contribution < 1.29 is 0 Å². The molecule has 0 spiro atoms. The highest BCUT2D eigenvalue weighted by Gasteiger charge is 2.03. The molecule has 20 heavy (non-hydrogen) atoms. The van der Waals surface area contributed by atoms with Gasteiger partial charge in [-0.2, -0.15) is 0 Å². The number of hydrogen-bond acceptors (Lipinski definition) is 5. The minimum Gasteiger partial charge on any atom is -0.303 e. The Labute approximate surface area is 124 Å². The van der Waals surface area contributed by atoms with E-state index in [0.29, 0.717) is 0 Å². The van der Waals surface area contributed by atoms with Gasteiger partial charge in [-0.15, -0.1) is 22.0 Å². The molecule has 4 nitrogen and oxygen atoms in total. The topological polar surface area (TPSA) is 41.9 Å². The summed E-state index contributed by atoms with van der Waals surface area (Å²) in [6.45, 7) is 7.67. The van der Waals surface area contributed by atoms with Crippen molar-refractivity contribution in [2.24, 2.45) is 0 Å². The Bertz CT molecular complexity index is 497. The smallest absolute Gasteiger partial charge is 0.119 e. The second kappa shape index (κ2) is 7.97. The Morgan fingerprint density at radius 3 is 2.55 bits per heavy atom. The van der Waals surface area contributed by atoms with Crippen LogP contribution < -0.4 is 0 Å². The van der Waals surface area contributed by atoms with Crippen LogP contribution in [-0.4, -0.2) is 45.5 Å². The summed E-state index contributed by atoms with van der Waals surface area (Å²) in [4.78, 5) is 6.50. The molecule has 0 aromatic carbocycles. The number of pyridine rings is 1. The van der Waals surface area contributed by atoms with Gasteiger partial charge >= 0.3 is 0 Å². The van der Waals surface area contributed by atoms with Crippen LogP contribution in [0.15, 0.2) is 41.7 Å². The van der Waals surface area contributed by atoms with Gasteiger partial charge in [0.05, 0.1) is 5.69 Å². The highest BCUT2D eigenvalue weighted by molar-refractivity contribution is 7.99. The van der Waals surface area contributed by atoms with E-state index in [2.05, 4.69) is 33.9 Å². The summed E-state index contributed by atoms with van der Waals surface area (Å²) < 4.78 is 0. The summed E-state index contributed by atoms with van der Waals surface area (Å²) in [5, 5.41) is 9.51. The highest BCUT2D eigenvalue weighted by atomic mass is 32.2. The molecule has 0 saturated heterocycles. The Morgan fingerprint density at radius 2 is 1.95 bits per heavy atom. The molecule has 2 heterocycles. The van der Waals surface area contributed by atoms with Gasteiger partial charge in [0.15, 0.2) is 0 Å². The lowest BCUT2D eigenvalue weighted by Crippen LogP contribution is -2.25. The first kappa shape index (κ1) is 14.9. The maximum atomic E-state index is 4.27. The predicted molar refractivity (Wildman–Crippen MR) is 83.8 cm³/mol. The van der Waals surface area contributed by atoms with Crippen LogP contribution in [0.4, 0.5) is 0 Å². The fourth-order valence-corrected chi connectivity index (χ4v) is 2.71. The van der Waals surface area contributed by atoms with E-state index in [1.165, 1.54) is 0 Å². The molecule has 5 heteroatoms. The molecule has 0 aliphatic heterocycles. The SMILES string of the molecule is CCN(CC)CCSc1ccc(-c2cccnc2)nn1. The highest BCUT2D eigenvalue weighted by Crippen LogP contribution is 2.18. The lowest BCUT2D eigenvalue weighted by atomic mass is 10.2. The van der Waals surface area contributed by atoms with Crippen molar-refractivity contribution in [1.82, 2.24) is 20.1 Å². The Balaban J connectivity index is 1.89. The maximum absolute atomic E-state index is 4.27. The van der Waals surface area contributed by atoms with Crippen LogP contribution in [0.3, 0.4) is 0 Å². The van der Waals surface area contributed by atoms with Crippen LogP contribution in [0.5, 0.6) is 0 Å². The standard InChI is InChI=1S/C15H20N4S/c1-3-19(4-2)10-11-20-15-8-7-14(17-18-15)13-6-5-9-16-12-13/h5-9,12H,3-4,10-11H2,1-2H3. The third-order valence-electron chi connectivity index (χ3n) is 3.15. The summed E-state index contributed by atoms with van der Waals surface area (Å²) in [5.74, 6) is 1.04. The van der Waals surface area contributed by atoms with Gasteiger partial charge in [-0.3, -0.25) is 4.98 Å². The van der Waals surface area contributed by atoms with E-state index < -0.39 is 0 Å². The van der Waals surface area contributed by atoms with Crippen LogP contribution in [-0.2, 0) is 0 Å². The summed E-state index contributed by atoms with van der Waals surface area (Å²) in [5.41, 5.74) is 1.87. The van der Waals surface area contributed by atoms with Gasteiger partial charge in [0, 0.05) is 30.3 Å². The van der Waals surface area contributed by atoms with Crippen molar-refractivity contribution >= 4 is 11.8 Å². The van der Waals surface area contributed by atoms with Crippen LogP contribution in [0, 0.1) is 0 Å². The first-order chi connectivity index (χ1) is 9.83. The van der Waals surface area contributed by atoms with Crippen LogP contribution in [0.25, 0.3) is 11.3 Å². The Hall–Kier alpha value is -1.46. The first-order valence-electron chi connectivity index (χ1n) is 6.92. The fourth-order valence-electron chi connectivity index (χ4n) is 1.88. The fraction of sp³-hybridized carbons (Fsp3) is 0.400. The normalized spacial score (nSPS) is 10.9. The molecule has 0 unspecified atom stereocenters. The summed E-state index contributed by atoms with van der Waals surface area (Å²) in [6.07, 6.45) is 3.56. The Kier molecular flexibility index (Phi) is 5.95. The zero-order valence-electron chi connectivity index (χ0n) is 12.0. The summed E-state index contributed by atoms with van der Waals surface area (Å²) >= 11 is 1.75. The van der Waals surface area contributed by atoms with Crippen LogP contribution in [0.2, 0.25) is 0 Å². The van der Waals surface area contributed by atoms with Crippen LogP contribution >= 0.6 is 11.8 Å². The molecule has 2 rings (SSSR count). The molecule has 0 saturated carbocycles. The van der Waals surface area contributed by atoms with Crippen molar-refractivity contribution in [3.8, 4) is 11.3 Å². The zero-order valence-corrected chi connectivity index (χ0v) is 12.8. The lowest BCUT2D eigenvalue weighted by molar-refractivity contribution is 0.324. The van der Waals surface area contributed by atoms with Gasteiger partial charge in [0.25, 0.3) is 0 Å². The van der Waals surface area contributed by atoms with E-state index in [4.69, 9.17) is 0 Å². The van der Waals surface area contributed by atoms with E-state index >= 15 is 0 Å². The molecule has 0 aliphatic carbocycles. The lowest BCUT2D eigenvalue weighted by Gasteiger charge is -2.16. The number of aromatic nitrogens is 3. The van der Waals surface area contributed by atoms with Gasteiger partial charge in [-0.1, -0.05) is 13.8 Å². The molecule has 2 aromatic heterocycles.